The summed E-state index contributed by atoms with van der Waals surface area (Å²) in [5.74, 6) is -0.737. The SMILES string of the molecule is O=[N+]([O-])CC(c1ccccc1)c1c(-c2ccc(F)cc2)[nH]c2ccccc12. The number of halogens is 1. The number of rotatable bonds is 5. The molecule has 0 amide bonds. The number of nitrogens with one attached hydrogen (secondary N) is 1. The normalized spacial score (nSPS) is 12.2. The second kappa shape index (κ2) is 7.03. The highest BCUT2D eigenvalue weighted by Gasteiger charge is 2.27. The zero-order valence-electron chi connectivity index (χ0n) is 14.4. The Morgan fingerprint density at radius 1 is 0.926 bits per heavy atom. The van der Waals surface area contributed by atoms with Crippen molar-refractivity contribution in [3.05, 3.63) is 106 Å². The first-order valence-electron chi connectivity index (χ1n) is 8.67. The topological polar surface area (TPSA) is 58.9 Å². The van der Waals surface area contributed by atoms with E-state index in [0.717, 1.165) is 33.3 Å². The van der Waals surface area contributed by atoms with Gasteiger partial charge in [-0.15, -0.1) is 0 Å². The van der Waals surface area contributed by atoms with E-state index in [1.807, 2.05) is 54.6 Å². The first kappa shape index (κ1) is 17.0. The van der Waals surface area contributed by atoms with Crippen molar-refractivity contribution in [2.24, 2.45) is 0 Å². The maximum Gasteiger partial charge on any atom is 0.214 e. The molecule has 1 aromatic heterocycles. The molecule has 1 atom stereocenters. The van der Waals surface area contributed by atoms with Crippen LogP contribution in [0.2, 0.25) is 0 Å². The Morgan fingerprint density at radius 2 is 1.59 bits per heavy atom. The van der Waals surface area contributed by atoms with E-state index < -0.39 is 5.92 Å². The molecule has 0 aliphatic rings. The molecule has 1 unspecified atom stereocenters. The Morgan fingerprint density at radius 3 is 2.30 bits per heavy atom. The Labute approximate surface area is 155 Å². The van der Waals surface area contributed by atoms with Crippen LogP contribution in [0.5, 0.6) is 0 Å². The first-order chi connectivity index (χ1) is 13.1. The predicted molar refractivity (Wildman–Crippen MR) is 104 cm³/mol. The zero-order chi connectivity index (χ0) is 18.8. The van der Waals surface area contributed by atoms with E-state index in [1.54, 1.807) is 12.1 Å². The number of hydrogen-bond donors (Lipinski definition) is 1. The maximum atomic E-state index is 13.4. The van der Waals surface area contributed by atoms with Crippen molar-refractivity contribution in [1.29, 1.82) is 0 Å². The lowest BCUT2D eigenvalue weighted by Crippen LogP contribution is -2.14. The van der Waals surface area contributed by atoms with Crippen LogP contribution in [0.15, 0.2) is 78.9 Å². The van der Waals surface area contributed by atoms with Crippen molar-refractivity contribution >= 4 is 10.9 Å². The van der Waals surface area contributed by atoms with Gasteiger partial charge in [0, 0.05) is 15.8 Å². The third kappa shape index (κ3) is 3.31. The van der Waals surface area contributed by atoms with Crippen LogP contribution in [-0.4, -0.2) is 16.5 Å². The minimum Gasteiger partial charge on any atom is -0.354 e. The van der Waals surface area contributed by atoms with Crippen molar-refractivity contribution < 1.29 is 9.31 Å². The average molecular weight is 360 g/mol. The van der Waals surface area contributed by atoms with Crippen LogP contribution in [0.4, 0.5) is 4.39 Å². The number of benzene rings is 3. The number of H-pyrrole nitrogens is 1. The summed E-state index contributed by atoms with van der Waals surface area (Å²) in [5, 5.41) is 12.4. The smallest absolute Gasteiger partial charge is 0.214 e. The fourth-order valence-corrected chi connectivity index (χ4v) is 3.57. The number of para-hydroxylation sites is 1. The van der Waals surface area contributed by atoms with Gasteiger partial charge in [0.15, 0.2) is 0 Å². The summed E-state index contributed by atoms with van der Waals surface area (Å²) in [6.45, 7) is -0.222. The van der Waals surface area contributed by atoms with Crippen LogP contribution in [0, 0.1) is 15.9 Å². The summed E-state index contributed by atoms with van der Waals surface area (Å²) < 4.78 is 13.4. The van der Waals surface area contributed by atoms with Crippen molar-refractivity contribution in [2.45, 2.75) is 5.92 Å². The Hall–Kier alpha value is -3.47. The molecule has 0 aliphatic heterocycles. The van der Waals surface area contributed by atoms with E-state index in [1.165, 1.54) is 12.1 Å². The quantitative estimate of drug-likeness (QED) is 0.383. The highest BCUT2D eigenvalue weighted by atomic mass is 19.1. The molecular formula is C22H17FN2O2. The van der Waals surface area contributed by atoms with Crippen molar-refractivity contribution in [2.75, 3.05) is 6.54 Å². The van der Waals surface area contributed by atoms with Gasteiger partial charge in [0.2, 0.25) is 6.54 Å². The molecule has 0 saturated heterocycles. The fraction of sp³-hybridized carbons (Fsp3) is 0.0909. The Bertz CT molecular complexity index is 1090. The second-order valence-electron chi connectivity index (χ2n) is 6.44. The third-order valence-electron chi connectivity index (χ3n) is 4.76. The molecule has 3 aromatic carbocycles. The van der Waals surface area contributed by atoms with Crippen LogP contribution in [0.3, 0.4) is 0 Å². The molecule has 4 rings (SSSR count). The lowest BCUT2D eigenvalue weighted by atomic mass is 9.87. The van der Waals surface area contributed by atoms with Gasteiger partial charge in [0.1, 0.15) is 5.82 Å². The lowest BCUT2D eigenvalue weighted by molar-refractivity contribution is -0.481. The van der Waals surface area contributed by atoms with Gasteiger partial charge in [0.05, 0.1) is 11.6 Å². The largest absolute Gasteiger partial charge is 0.354 e. The molecule has 0 spiro atoms. The standard InChI is InChI=1S/C22H17FN2O2/c23-17-12-10-16(11-13-17)22-21(18-8-4-5-9-20(18)24-22)19(14-25(26)27)15-6-2-1-3-7-15/h1-13,19,24H,14H2. The van der Waals surface area contributed by atoms with Gasteiger partial charge in [-0.25, -0.2) is 4.39 Å². The van der Waals surface area contributed by atoms with Crippen molar-refractivity contribution in [3.63, 3.8) is 0 Å². The fourth-order valence-electron chi connectivity index (χ4n) is 3.57. The Kier molecular flexibility index (Phi) is 4.42. The van der Waals surface area contributed by atoms with Crippen LogP contribution >= 0.6 is 0 Å². The summed E-state index contributed by atoms with van der Waals surface area (Å²) in [7, 11) is 0. The van der Waals surface area contributed by atoms with Gasteiger partial charge in [0.25, 0.3) is 0 Å². The van der Waals surface area contributed by atoms with E-state index in [-0.39, 0.29) is 17.3 Å². The number of aromatic amines is 1. The van der Waals surface area contributed by atoms with E-state index in [2.05, 4.69) is 4.98 Å². The van der Waals surface area contributed by atoms with Crippen LogP contribution in [-0.2, 0) is 0 Å². The number of hydrogen-bond acceptors (Lipinski definition) is 2. The summed E-state index contributed by atoms with van der Waals surface area (Å²) in [4.78, 5) is 14.5. The molecule has 27 heavy (non-hydrogen) atoms. The molecule has 0 fully saturated rings. The number of aromatic nitrogens is 1. The molecule has 5 heteroatoms. The number of nitro groups is 1. The highest BCUT2D eigenvalue weighted by molar-refractivity contribution is 5.92. The molecule has 1 heterocycles. The van der Waals surface area contributed by atoms with E-state index in [0.29, 0.717) is 0 Å². The molecule has 1 N–H and O–H groups in total. The van der Waals surface area contributed by atoms with Gasteiger partial charge in [-0.05, 0) is 47.0 Å². The van der Waals surface area contributed by atoms with Gasteiger partial charge >= 0.3 is 0 Å². The van der Waals surface area contributed by atoms with E-state index in [4.69, 9.17) is 0 Å². The van der Waals surface area contributed by atoms with Gasteiger partial charge in [-0.3, -0.25) is 10.1 Å². The average Bonchev–Trinajstić information content (AvgIpc) is 3.06. The zero-order valence-corrected chi connectivity index (χ0v) is 14.4. The summed E-state index contributed by atoms with van der Waals surface area (Å²) in [5.41, 5.74) is 4.22. The van der Waals surface area contributed by atoms with Crippen LogP contribution in [0.25, 0.3) is 22.2 Å². The molecule has 0 radical (unpaired) electrons. The van der Waals surface area contributed by atoms with Gasteiger partial charge in [-0.1, -0.05) is 48.5 Å². The van der Waals surface area contributed by atoms with Crippen molar-refractivity contribution in [1.82, 2.24) is 4.98 Å². The molecule has 0 saturated carbocycles. The summed E-state index contributed by atoms with van der Waals surface area (Å²) in [6.07, 6.45) is 0. The van der Waals surface area contributed by atoms with Crippen LogP contribution < -0.4 is 0 Å². The summed E-state index contributed by atoms with van der Waals surface area (Å²) >= 11 is 0. The third-order valence-corrected chi connectivity index (χ3v) is 4.76. The number of nitrogens with zero attached hydrogens (tertiary/aromatic N) is 1. The molecule has 0 bridgehead atoms. The molecule has 134 valence electrons. The van der Waals surface area contributed by atoms with Gasteiger partial charge in [-0.2, -0.15) is 0 Å². The monoisotopic (exact) mass is 360 g/mol. The summed E-state index contributed by atoms with van der Waals surface area (Å²) in [6, 6.07) is 23.4. The molecule has 4 nitrogen and oxygen atoms in total. The highest BCUT2D eigenvalue weighted by Crippen LogP contribution is 2.38. The van der Waals surface area contributed by atoms with E-state index >= 15 is 0 Å². The van der Waals surface area contributed by atoms with Crippen LogP contribution in [0.1, 0.15) is 17.0 Å². The molecule has 0 aliphatic carbocycles. The van der Waals surface area contributed by atoms with E-state index in [9.17, 15) is 14.5 Å². The number of fused-ring (bicyclic) bond motifs is 1. The molecular weight excluding hydrogens is 343 g/mol. The van der Waals surface area contributed by atoms with Crippen molar-refractivity contribution in [3.8, 4) is 11.3 Å². The minimum absolute atomic E-state index is 0.222. The van der Waals surface area contributed by atoms with Gasteiger partial charge < -0.3 is 4.98 Å². The maximum absolute atomic E-state index is 13.4. The lowest BCUT2D eigenvalue weighted by Gasteiger charge is -2.16. The minimum atomic E-state index is -0.419. The molecule has 4 aromatic rings. The predicted octanol–water partition coefficient (Wildman–Crippen LogP) is 5.38. The first-order valence-corrected chi connectivity index (χ1v) is 8.67. The Balaban J connectivity index is 1.98. The second-order valence-corrected chi connectivity index (χ2v) is 6.44.